The van der Waals surface area contributed by atoms with Crippen LogP contribution in [0.25, 0.3) is 0 Å². The van der Waals surface area contributed by atoms with E-state index in [0.29, 0.717) is 51.6 Å². The number of hydrogen-bond acceptors (Lipinski definition) is 8. The van der Waals surface area contributed by atoms with Crippen LogP contribution >= 0.6 is 0 Å². The van der Waals surface area contributed by atoms with Gasteiger partial charge in [-0.15, -0.1) is 0 Å². The fraction of sp³-hybridized carbons (Fsp3) is 0.812. The number of nitrogens with one attached hydrogen (secondary N) is 3. The van der Waals surface area contributed by atoms with Crippen LogP contribution in [0.4, 0.5) is 0 Å². The molecule has 0 aromatic carbocycles. The van der Waals surface area contributed by atoms with Crippen LogP contribution < -0.4 is 27.7 Å². The van der Waals surface area contributed by atoms with Crippen LogP contribution in [0.15, 0.2) is 0 Å². The van der Waals surface area contributed by atoms with E-state index < -0.39 is 0 Å². The van der Waals surface area contributed by atoms with E-state index in [-0.39, 0.29) is 30.9 Å². The molecule has 0 radical (unpaired) electrons. The van der Waals surface area contributed by atoms with E-state index in [9.17, 15) is 14.4 Å². The summed E-state index contributed by atoms with van der Waals surface area (Å²) in [6, 6.07) is 0. The minimum absolute atomic E-state index is 0.0189. The first-order valence-electron chi connectivity index (χ1n) is 9.04. The van der Waals surface area contributed by atoms with E-state index in [2.05, 4.69) is 39.5 Å². The quantitative estimate of drug-likeness (QED) is 0.186. The summed E-state index contributed by atoms with van der Waals surface area (Å²) in [7, 11) is 0. The molecule has 7 N–H and O–H groups in total. The summed E-state index contributed by atoms with van der Waals surface area (Å²) in [5, 5.41) is 8.22. The molecule has 0 aliphatic carbocycles. The van der Waals surface area contributed by atoms with Gasteiger partial charge in [-0.3, -0.25) is 29.0 Å². The minimum atomic E-state index is -0.312. The van der Waals surface area contributed by atoms with Gasteiger partial charge in [-0.1, -0.05) is 13.8 Å². The molecule has 0 rings (SSSR count). The number of nitrogens with two attached hydrogens (primary N) is 2. The Kier molecular flexibility index (Phi) is 15.3. The van der Waals surface area contributed by atoms with E-state index in [1.807, 2.05) is 4.90 Å². The van der Waals surface area contributed by atoms with Gasteiger partial charge < -0.3 is 16.0 Å². The van der Waals surface area contributed by atoms with Gasteiger partial charge in [-0.05, 0) is 12.3 Å². The molecule has 0 atom stereocenters. The van der Waals surface area contributed by atoms with Gasteiger partial charge in [0.15, 0.2) is 0 Å². The Labute approximate surface area is 160 Å². The molecular formula is C16H34N6O5. The number of carbonyl (C=O) groups is 3. The zero-order valence-electron chi connectivity index (χ0n) is 16.3. The number of carbonyl (C=O) groups excluding carboxylic acids is 3. The van der Waals surface area contributed by atoms with Crippen LogP contribution in [-0.2, 0) is 24.1 Å². The second kappa shape index (κ2) is 16.4. The predicted octanol–water partition coefficient (Wildman–Crippen LogP) is -2.15. The highest BCUT2D eigenvalue weighted by atomic mass is 16.6. The van der Waals surface area contributed by atoms with Gasteiger partial charge in [0, 0.05) is 45.7 Å². The molecule has 158 valence electrons. The van der Waals surface area contributed by atoms with Gasteiger partial charge in [0.1, 0.15) is 13.2 Å². The summed E-state index contributed by atoms with van der Waals surface area (Å²) in [4.78, 5) is 45.0. The lowest BCUT2D eigenvalue weighted by molar-refractivity contribution is -0.126. The molecule has 0 fully saturated rings. The summed E-state index contributed by atoms with van der Waals surface area (Å²) in [6.07, 6.45) is 1.35. The number of rotatable bonds is 16. The topological polar surface area (TPSA) is 161 Å². The van der Waals surface area contributed by atoms with Crippen molar-refractivity contribution in [2.75, 3.05) is 52.5 Å². The third-order valence-corrected chi connectivity index (χ3v) is 3.63. The van der Waals surface area contributed by atoms with Gasteiger partial charge in [-0.25, -0.2) is 11.8 Å². The predicted molar refractivity (Wildman–Crippen MR) is 99.8 cm³/mol. The van der Waals surface area contributed by atoms with Gasteiger partial charge in [0.05, 0.1) is 0 Å². The zero-order chi connectivity index (χ0) is 20.5. The lowest BCUT2D eigenvalue weighted by Gasteiger charge is -2.23. The lowest BCUT2D eigenvalue weighted by atomic mass is 10.1. The van der Waals surface area contributed by atoms with Crippen molar-refractivity contribution in [2.45, 2.75) is 26.7 Å². The summed E-state index contributed by atoms with van der Waals surface area (Å²) in [5.41, 5.74) is 0. The Morgan fingerprint density at radius 3 is 1.59 bits per heavy atom. The first kappa shape index (κ1) is 25.2. The van der Waals surface area contributed by atoms with Gasteiger partial charge >= 0.3 is 0 Å². The average molecular weight is 390 g/mol. The fourth-order valence-corrected chi connectivity index (χ4v) is 2.16. The Balaban J connectivity index is 4.22. The van der Waals surface area contributed by atoms with Crippen molar-refractivity contribution in [3.63, 3.8) is 0 Å². The van der Waals surface area contributed by atoms with E-state index in [0.717, 1.165) is 6.42 Å². The second-order valence-corrected chi connectivity index (χ2v) is 6.45. The van der Waals surface area contributed by atoms with Gasteiger partial charge in [0.2, 0.25) is 17.7 Å². The smallest absolute Gasteiger partial charge is 0.248 e. The van der Waals surface area contributed by atoms with Crippen molar-refractivity contribution in [2.24, 2.45) is 17.7 Å². The molecule has 0 unspecified atom stereocenters. The summed E-state index contributed by atoms with van der Waals surface area (Å²) >= 11 is 0. The third kappa shape index (κ3) is 16.1. The number of amides is 3. The molecule has 11 heteroatoms. The molecule has 0 aromatic heterocycles. The minimum Gasteiger partial charge on any atom is -0.355 e. The highest BCUT2D eigenvalue weighted by molar-refractivity contribution is 5.77. The van der Waals surface area contributed by atoms with Crippen molar-refractivity contribution in [1.82, 2.24) is 20.9 Å². The maximum atomic E-state index is 11.8. The van der Waals surface area contributed by atoms with E-state index in [1.54, 1.807) is 0 Å². The van der Waals surface area contributed by atoms with Crippen LogP contribution in [-0.4, -0.2) is 75.1 Å². The number of nitrogens with zero attached hydrogens (tertiary/aromatic N) is 1. The summed E-state index contributed by atoms with van der Waals surface area (Å²) in [6.45, 7) is 6.67. The SMILES string of the molecule is CC(C)CCC(=O)NCCN(CCNC(=O)CON)CCNC(=O)CON. The molecule has 27 heavy (non-hydrogen) atoms. The maximum Gasteiger partial charge on any atom is 0.248 e. The molecule has 11 nitrogen and oxygen atoms in total. The standard InChI is InChI=1S/C16H34N6O5/c1-13(2)3-4-14(23)19-5-8-22(9-6-20-15(24)11-26-17)10-7-21-16(25)12-27-18/h13H,3-12,17-18H2,1-2H3,(H,19,23)(H,20,24)(H,21,25). The molecule has 0 aliphatic heterocycles. The molecule has 0 heterocycles. The summed E-state index contributed by atoms with van der Waals surface area (Å²) in [5.74, 6) is 9.57. The van der Waals surface area contributed by atoms with Crippen LogP contribution in [0, 0.1) is 5.92 Å². The number of hydrogen-bond donors (Lipinski definition) is 5. The monoisotopic (exact) mass is 390 g/mol. The highest BCUT2D eigenvalue weighted by Crippen LogP contribution is 2.02. The largest absolute Gasteiger partial charge is 0.355 e. The fourth-order valence-electron chi connectivity index (χ4n) is 2.16. The van der Waals surface area contributed by atoms with E-state index in [1.165, 1.54) is 0 Å². The van der Waals surface area contributed by atoms with Crippen molar-refractivity contribution >= 4 is 17.7 Å². The van der Waals surface area contributed by atoms with Crippen LogP contribution in [0.3, 0.4) is 0 Å². The van der Waals surface area contributed by atoms with Gasteiger partial charge in [0.25, 0.3) is 0 Å². The maximum absolute atomic E-state index is 11.8. The Bertz CT molecular complexity index is 412. The zero-order valence-corrected chi connectivity index (χ0v) is 16.3. The van der Waals surface area contributed by atoms with Gasteiger partial charge in [-0.2, -0.15) is 0 Å². The summed E-state index contributed by atoms with van der Waals surface area (Å²) < 4.78 is 0. The van der Waals surface area contributed by atoms with Crippen molar-refractivity contribution < 1.29 is 24.1 Å². The van der Waals surface area contributed by atoms with Crippen molar-refractivity contribution in [3.8, 4) is 0 Å². The molecule has 0 saturated carbocycles. The van der Waals surface area contributed by atoms with Crippen LogP contribution in [0.2, 0.25) is 0 Å². The molecule has 0 spiro atoms. The van der Waals surface area contributed by atoms with E-state index >= 15 is 0 Å². The van der Waals surface area contributed by atoms with Crippen LogP contribution in [0.5, 0.6) is 0 Å². The normalized spacial score (nSPS) is 10.9. The highest BCUT2D eigenvalue weighted by Gasteiger charge is 2.09. The Morgan fingerprint density at radius 1 is 0.815 bits per heavy atom. The molecule has 0 saturated heterocycles. The Morgan fingerprint density at radius 2 is 1.22 bits per heavy atom. The first-order valence-corrected chi connectivity index (χ1v) is 9.04. The van der Waals surface area contributed by atoms with Crippen molar-refractivity contribution in [3.05, 3.63) is 0 Å². The first-order chi connectivity index (χ1) is 12.9. The molecular weight excluding hydrogens is 356 g/mol. The second-order valence-electron chi connectivity index (χ2n) is 6.45. The Hall–Kier alpha value is -1.79. The lowest BCUT2D eigenvalue weighted by Crippen LogP contribution is -2.43. The van der Waals surface area contributed by atoms with Crippen molar-refractivity contribution in [1.29, 1.82) is 0 Å². The molecule has 0 bridgehead atoms. The molecule has 0 aliphatic rings. The average Bonchev–Trinajstić information content (AvgIpc) is 2.60. The molecule has 3 amide bonds. The third-order valence-electron chi connectivity index (χ3n) is 3.63. The van der Waals surface area contributed by atoms with Crippen LogP contribution in [0.1, 0.15) is 26.7 Å². The van der Waals surface area contributed by atoms with E-state index in [4.69, 9.17) is 11.8 Å². The molecule has 0 aromatic rings.